The lowest BCUT2D eigenvalue weighted by molar-refractivity contribution is -0.137. The van der Waals surface area contributed by atoms with Crippen LogP contribution in [0.4, 0.5) is 17.6 Å². The fraction of sp³-hybridized carbons (Fsp3) is 0.600. The monoisotopic (exact) mass is 302 g/mol. The van der Waals surface area contributed by atoms with Gasteiger partial charge >= 0.3 is 6.18 Å². The van der Waals surface area contributed by atoms with Gasteiger partial charge < -0.3 is 5.73 Å². The molecule has 2 fully saturated rings. The highest BCUT2D eigenvalue weighted by Gasteiger charge is 2.40. The molecule has 0 aromatic heterocycles. The second-order valence-corrected chi connectivity index (χ2v) is 5.99. The summed E-state index contributed by atoms with van der Waals surface area (Å²) in [5.41, 5.74) is 5.54. The minimum atomic E-state index is -4.54. The van der Waals surface area contributed by atoms with Crippen LogP contribution in [0.5, 0.6) is 0 Å². The third-order valence-corrected chi connectivity index (χ3v) is 4.32. The molecule has 0 bridgehead atoms. The number of piperidine rings is 1. The number of hydrogen-bond acceptors (Lipinski definition) is 2. The van der Waals surface area contributed by atoms with Crippen molar-refractivity contribution in [1.29, 1.82) is 0 Å². The Morgan fingerprint density at radius 2 is 1.81 bits per heavy atom. The van der Waals surface area contributed by atoms with E-state index in [2.05, 4.69) is 4.90 Å². The SMILES string of the molecule is NC1CCCN(C2CC2)C1c1cc(F)cc(C(F)(F)F)c1. The molecule has 1 saturated heterocycles. The van der Waals surface area contributed by atoms with Gasteiger partial charge in [0.05, 0.1) is 11.6 Å². The van der Waals surface area contributed by atoms with Crippen molar-refractivity contribution in [3.05, 3.63) is 35.1 Å². The Morgan fingerprint density at radius 3 is 2.43 bits per heavy atom. The van der Waals surface area contributed by atoms with Gasteiger partial charge in [0, 0.05) is 12.1 Å². The zero-order valence-corrected chi connectivity index (χ0v) is 11.5. The van der Waals surface area contributed by atoms with Gasteiger partial charge in [-0.3, -0.25) is 4.90 Å². The van der Waals surface area contributed by atoms with Crippen molar-refractivity contribution < 1.29 is 17.6 Å². The van der Waals surface area contributed by atoms with Crippen molar-refractivity contribution in [2.24, 2.45) is 5.73 Å². The summed E-state index contributed by atoms with van der Waals surface area (Å²) in [4.78, 5) is 2.16. The average molecular weight is 302 g/mol. The molecule has 3 rings (SSSR count). The van der Waals surface area contributed by atoms with Gasteiger partial charge in [-0.1, -0.05) is 0 Å². The number of nitrogens with two attached hydrogens (primary N) is 1. The molecule has 2 aliphatic rings. The van der Waals surface area contributed by atoms with E-state index in [4.69, 9.17) is 5.73 Å². The van der Waals surface area contributed by atoms with Crippen LogP contribution in [-0.4, -0.2) is 23.5 Å². The van der Waals surface area contributed by atoms with Crippen molar-refractivity contribution in [3.8, 4) is 0 Å². The molecule has 2 N–H and O–H groups in total. The molecule has 1 aliphatic heterocycles. The minimum absolute atomic E-state index is 0.248. The maximum absolute atomic E-state index is 13.6. The lowest BCUT2D eigenvalue weighted by Gasteiger charge is -2.40. The van der Waals surface area contributed by atoms with Crippen LogP contribution < -0.4 is 5.73 Å². The molecule has 0 radical (unpaired) electrons. The first kappa shape index (κ1) is 14.8. The Labute approximate surface area is 120 Å². The third kappa shape index (κ3) is 3.06. The number of halogens is 4. The smallest absolute Gasteiger partial charge is 0.326 e. The van der Waals surface area contributed by atoms with Crippen LogP contribution in [0, 0.1) is 5.82 Å². The van der Waals surface area contributed by atoms with Gasteiger partial charge in [-0.15, -0.1) is 0 Å². The normalized spacial score (nSPS) is 27.9. The second-order valence-electron chi connectivity index (χ2n) is 5.99. The lowest BCUT2D eigenvalue weighted by Crippen LogP contribution is -2.46. The predicted molar refractivity (Wildman–Crippen MR) is 71.1 cm³/mol. The van der Waals surface area contributed by atoms with Crippen molar-refractivity contribution >= 4 is 0 Å². The number of nitrogens with zero attached hydrogens (tertiary/aromatic N) is 1. The number of hydrogen-bond donors (Lipinski definition) is 1. The van der Waals surface area contributed by atoms with E-state index in [1.165, 1.54) is 6.07 Å². The van der Waals surface area contributed by atoms with Crippen molar-refractivity contribution in [2.75, 3.05) is 6.54 Å². The van der Waals surface area contributed by atoms with Crippen molar-refractivity contribution in [3.63, 3.8) is 0 Å². The number of benzene rings is 1. The molecule has 2 unspecified atom stereocenters. The molecule has 116 valence electrons. The maximum Gasteiger partial charge on any atom is 0.416 e. The minimum Gasteiger partial charge on any atom is -0.326 e. The molecule has 2 atom stereocenters. The first-order valence-corrected chi connectivity index (χ1v) is 7.25. The molecule has 1 aromatic carbocycles. The highest BCUT2D eigenvalue weighted by atomic mass is 19.4. The molecular formula is C15H18F4N2. The van der Waals surface area contributed by atoms with Crippen LogP contribution in [0.1, 0.15) is 42.9 Å². The zero-order valence-electron chi connectivity index (χ0n) is 11.5. The van der Waals surface area contributed by atoms with Crippen molar-refractivity contribution in [2.45, 2.75) is 50.0 Å². The quantitative estimate of drug-likeness (QED) is 0.848. The van der Waals surface area contributed by atoms with Crippen LogP contribution in [0.3, 0.4) is 0 Å². The highest BCUT2D eigenvalue weighted by molar-refractivity contribution is 5.30. The molecule has 21 heavy (non-hydrogen) atoms. The van der Waals surface area contributed by atoms with E-state index in [-0.39, 0.29) is 12.1 Å². The van der Waals surface area contributed by atoms with Gasteiger partial charge in [0.25, 0.3) is 0 Å². The van der Waals surface area contributed by atoms with Crippen LogP contribution in [0.15, 0.2) is 18.2 Å². The van der Waals surface area contributed by atoms with E-state index >= 15 is 0 Å². The molecule has 1 aromatic rings. The summed E-state index contributed by atoms with van der Waals surface area (Å²) in [6.07, 6.45) is -0.753. The fourth-order valence-corrected chi connectivity index (χ4v) is 3.25. The van der Waals surface area contributed by atoms with Gasteiger partial charge in [0.2, 0.25) is 0 Å². The highest BCUT2D eigenvalue weighted by Crippen LogP contribution is 2.41. The average Bonchev–Trinajstić information content (AvgIpc) is 3.20. The zero-order chi connectivity index (χ0) is 15.2. The summed E-state index contributed by atoms with van der Waals surface area (Å²) in [6.45, 7) is 0.820. The van der Waals surface area contributed by atoms with Gasteiger partial charge in [0.1, 0.15) is 5.82 Å². The first-order chi connectivity index (χ1) is 9.86. The van der Waals surface area contributed by atoms with Crippen LogP contribution in [0.2, 0.25) is 0 Å². The topological polar surface area (TPSA) is 29.3 Å². The molecule has 1 heterocycles. The summed E-state index contributed by atoms with van der Waals surface area (Å²) in [5.74, 6) is -0.853. The van der Waals surface area contributed by atoms with Gasteiger partial charge in [-0.25, -0.2) is 4.39 Å². The van der Waals surface area contributed by atoms with Gasteiger partial charge in [-0.2, -0.15) is 13.2 Å². The standard InChI is InChI=1S/C15H18F4N2/c16-11-7-9(6-10(8-11)15(17,18)19)14-13(20)2-1-5-21(14)12-3-4-12/h6-8,12-14H,1-5,20H2. The molecule has 1 aliphatic carbocycles. The Morgan fingerprint density at radius 1 is 1.10 bits per heavy atom. The van der Waals surface area contributed by atoms with Crippen LogP contribution in [0.25, 0.3) is 0 Å². The van der Waals surface area contributed by atoms with Gasteiger partial charge in [0.15, 0.2) is 0 Å². The summed E-state index contributed by atoms with van der Waals surface area (Å²) in [6, 6.07) is 2.61. The van der Waals surface area contributed by atoms with E-state index in [1.807, 2.05) is 0 Å². The first-order valence-electron chi connectivity index (χ1n) is 7.25. The molecule has 1 saturated carbocycles. The molecule has 0 spiro atoms. The summed E-state index contributed by atoms with van der Waals surface area (Å²) in [5, 5.41) is 0. The lowest BCUT2D eigenvalue weighted by atomic mass is 9.89. The predicted octanol–water partition coefficient (Wildman–Crippen LogP) is 3.47. The molecular weight excluding hydrogens is 284 g/mol. The second kappa shape index (κ2) is 5.25. The Hall–Kier alpha value is -1.14. The number of rotatable bonds is 2. The molecule has 0 amide bonds. The summed E-state index contributed by atoms with van der Waals surface area (Å²) >= 11 is 0. The number of likely N-dealkylation sites (tertiary alicyclic amines) is 1. The third-order valence-electron chi connectivity index (χ3n) is 4.32. The van der Waals surface area contributed by atoms with E-state index < -0.39 is 17.6 Å². The van der Waals surface area contributed by atoms with Crippen LogP contribution >= 0.6 is 0 Å². The van der Waals surface area contributed by atoms with E-state index in [0.29, 0.717) is 17.7 Å². The Bertz CT molecular complexity index is 525. The largest absolute Gasteiger partial charge is 0.416 e. The van der Waals surface area contributed by atoms with Crippen molar-refractivity contribution in [1.82, 2.24) is 4.90 Å². The molecule has 6 heteroatoms. The maximum atomic E-state index is 13.6. The van der Waals surface area contributed by atoms with E-state index in [0.717, 1.165) is 38.3 Å². The van der Waals surface area contributed by atoms with E-state index in [9.17, 15) is 17.6 Å². The van der Waals surface area contributed by atoms with E-state index in [1.54, 1.807) is 0 Å². The summed E-state index contributed by atoms with van der Waals surface area (Å²) < 4.78 is 52.2. The molecule has 2 nitrogen and oxygen atoms in total. The van der Waals surface area contributed by atoms with Gasteiger partial charge in [-0.05, 0) is 56.0 Å². The summed E-state index contributed by atoms with van der Waals surface area (Å²) in [7, 11) is 0. The number of alkyl halides is 3. The Kier molecular flexibility index (Phi) is 3.69. The fourth-order valence-electron chi connectivity index (χ4n) is 3.25. The van der Waals surface area contributed by atoms with Crippen LogP contribution in [-0.2, 0) is 6.18 Å². The Balaban J connectivity index is 1.98.